The van der Waals surface area contributed by atoms with Gasteiger partial charge in [0.1, 0.15) is 0 Å². The van der Waals surface area contributed by atoms with Crippen LogP contribution in [0.4, 0.5) is 5.69 Å². The summed E-state index contributed by atoms with van der Waals surface area (Å²) in [6.07, 6.45) is 1.66. The monoisotopic (exact) mass is 456 g/mol. The molecule has 0 spiro atoms. The smallest absolute Gasteiger partial charge is 0.258 e. The van der Waals surface area contributed by atoms with Gasteiger partial charge in [0.25, 0.3) is 5.91 Å². The van der Waals surface area contributed by atoms with Gasteiger partial charge in [0, 0.05) is 22.5 Å². The van der Waals surface area contributed by atoms with Crippen LogP contribution in [-0.2, 0) is 0 Å². The fourth-order valence-electron chi connectivity index (χ4n) is 2.88. The highest BCUT2D eigenvalue weighted by molar-refractivity contribution is 7.80. The van der Waals surface area contributed by atoms with Gasteiger partial charge in [-0.1, -0.05) is 29.3 Å². The predicted octanol–water partition coefficient (Wildman–Crippen LogP) is 5.63. The molecule has 1 amide bonds. The fourth-order valence-corrected chi connectivity index (χ4v) is 3.58. The molecule has 2 aromatic carbocycles. The minimum Gasteiger partial charge on any atom is -0.434 e. The van der Waals surface area contributed by atoms with Crippen molar-refractivity contribution in [3.63, 3.8) is 0 Å². The maximum Gasteiger partial charge on any atom is 0.258 e. The number of carbonyl (C=O) groups excluding carboxylic acids is 1. The van der Waals surface area contributed by atoms with Crippen LogP contribution < -0.4 is 10.6 Å². The molecule has 2 aromatic heterocycles. The molecule has 0 aliphatic heterocycles. The van der Waals surface area contributed by atoms with Gasteiger partial charge in [-0.2, -0.15) is 4.98 Å². The first-order valence-electron chi connectivity index (χ1n) is 8.81. The molecular weight excluding hydrogens is 443 g/mol. The first-order chi connectivity index (χ1) is 14.4. The number of aromatic nitrogens is 2. The summed E-state index contributed by atoms with van der Waals surface area (Å²) < 4.78 is 5.81. The van der Waals surface area contributed by atoms with E-state index in [-0.39, 0.29) is 15.7 Å². The number of halogens is 2. The zero-order valence-electron chi connectivity index (χ0n) is 15.6. The molecule has 0 atom stereocenters. The molecule has 0 saturated carbocycles. The minimum atomic E-state index is -0.437. The number of rotatable bonds is 3. The van der Waals surface area contributed by atoms with Crippen molar-refractivity contribution in [3.05, 3.63) is 75.9 Å². The average molecular weight is 457 g/mol. The normalized spacial score (nSPS) is 10.8. The van der Waals surface area contributed by atoms with E-state index in [1.165, 1.54) is 12.1 Å². The minimum absolute atomic E-state index is 0.130. The predicted molar refractivity (Wildman–Crippen MR) is 122 cm³/mol. The van der Waals surface area contributed by atoms with Crippen LogP contribution in [0.15, 0.2) is 59.1 Å². The Kier molecular flexibility index (Phi) is 5.67. The van der Waals surface area contributed by atoms with Crippen LogP contribution in [-0.4, -0.2) is 21.0 Å². The molecule has 30 heavy (non-hydrogen) atoms. The molecule has 0 saturated heterocycles. The number of amides is 1. The lowest BCUT2D eigenvalue weighted by molar-refractivity contribution is 0.0978. The number of nitrogens with one attached hydrogen (secondary N) is 2. The highest BCUT2D eigenvalue weighted by Gasteiger charge is 2.16. The highest BCUT2D eigenvalue weighted by atomic mass is 35.5. The number of thiocarbonyl (C=S) groups is 1. The number of oxazole rings is 1. The number of carbonyl (C=O) groups is 1. The second-order valence-corrected chi connectivity index (χ2v) is 7.61. The summed E-state index contributed by atoms with van der Waals surface area (Å²) in [6, 6.07) is 13.8. The van der Waals surface area contributed by atoms with E-state index < -0.39 is 5.91 Å². The zero-order valence-corrected chi connectivity index (χ0v) is 17.9. The van der Waals surface area contributed by atoms with Crippen molar-refractivity contribution in [2.75, 3.05) is 5.32 Å². The van der Waals surface area contributed by atoms with Crippen molar-refractivity contribution in [1.29, 1.82) is 0 Å². The Morgan fingerprint density at radius 1 is 1.13 bits per heavy atom. The standard InChI is InChI=1S/C21H14Cl2N4O2S/c1-11-13(20-26-18-17(29-20)6-3-9-24-18)4-2-5-16(11)25-21(30)27-19(28)14-8-7-12(22)10-15(14)23/h2-10H,1H3,(H2,25,27,28,30). The van der Waals surface area contributed by atoms with Gasteiger partial charge in [-0.3, -0.25) is 10.1 Å². The van der Waals surface area contributed by atoms with Gasteiger partial charge >= 0.3 is 0 Å². The molecule has 0 bridgehead atoms. The molecule has 0 fully saturated rings. The first-order valence-corrected chi connectivity index (χ1v) is 9.98. The van der Waals surface area contributed by atoms with E-state index in [1.54, 1.807) is 18.3 Å². The first kappa shape index (κ1) is 20.3. The maximum atomic E-state index is 12.5. The molecule has 4 rings (SSSR count). The molecule has 0 unspecified atom stereocenters. The summed E-state index contributed by atoms with van der Waals surface area (Å²) in [6.45, 7) is 1.90. The number of fused-ring (bicyclic) bond motifs is 1. The van der Waals surface area contributed by atoms with Crippen molar-refractivity contribution in [2.45, 2.75) is 6.92 Å². The lowest BCUT2D eigenvalue weighted by Crippen LogP contribution is -2.34. The average Bonchev–Trinajstić information content (AvgIpc) is 3.13. The van der Waals surface area contributed by atoms with E-state index >= 15 is 0 Å². The quantitative estimate of drug-likeness (QED) is 0.388. The van der Waals surface area contributed by atoms with Crippen LogP contribution in [0.5, 0.6) is 0 Å². The summed E-state index contributed by atoms with van der Waals surface area (Å²) in [7, 11) is 0. The van der Waals surface area contributed by atoms with Crippen LogP contribution in [0.2, 0.25) is 10.0 Å². The molecule has 2 N–H and O–H groups in total. The topological polar surface area (TPSA) is 80.0 Å². The van der Waals surface area contributed by atoms with Gasteiger partial charge in [-0.05, 0) is 67.2 Å². The Labute approximate surface area is 187 Å². The van der Waals surface area contributed by atoms with Crippen LogP contribution >= 0.6 is 35.4 Å². The number of anilines is 1. The third-order valence-corrected chi connectivity index (χ3v) is 5.13. The molecule has 2 heterocycles. The van der Waals surface area contributed by atoms with E-state index in [0.29, 0.717) is 27.8 Å². The van der Waals surface area contributed by atoms with E-state index in [2.05, 4.69) is 20.6 Å². The summed E-state index contributed by atoms with van der Waals surface area (Å²) in [4.78, 5) is 21.1. The van der Waals surface area contributed by atoms with Crippen molar-refractivity contribution in [1.82, 2.24) is 15.3 Å². The fraction of sp³-hybridized carbons (Fsp3) is 0.0476. The SMILES string of the molecule is Cc1c(NC(=S)NC(=O)c2ccc(Cl)cc2Cl)cccc1-c1nc2ncccc2o1. The number of hydrogen-bond donors (Lipinski definition) is 2. The van der Waals surface area contributed by atoms with E-state index in [0.717, 1.165) is 11.1 Å². The Morgan fingerprint density at radius 2 is 1.97 bits per heavy atom. The number of benzene rings is 2. The second kappa shape index (κ2) is 8.39. The molecule has 0 aliphatic carbocycles. The molecular formula is C21H14Cl2N4O2S. The summed E-state index contributed by atoms with van der Waals surface area (Å²) in [5, 5.41) is 6.46. The van der Waals surface area contributed by atoms with Gasteiger partial charge in [0.05, 0.1) is 10.6 Å². The Bertz CT molecular complexity index is 1260. The van der Waals surface area contributed by atoms with Crippen molar-refractivity contribution in [2.24, 2.45) is 0 Å². The highest BCUT2D eigenvalue weighted by Crippen LogP contribution is 2.30. The molecule has 6 nitrogen and oxygen atoms in total. The summed E-state index contributed by atoms with van der Waals surface area (Å²) in [5.41, 5.74) is 3.75. The molecule has 150 valence electrons. The number of hydrogen-bond acceptors (Lipinski definition) is 5. The largest absolute Gasteiger partial charge is 0.434 e. The van der Waals surface area contributed by atoms with Gasteiger partial charge < -0.3 is 9.73 Å². The Hall–Kier alpha value is -3.00. The Balaban J connectivity index is 1.54. The lowest BCUT2D eigenvalue weighted by atomic mass is 10.1. The second-order valence-electron chi connectivity index (χ2n) is 6.35. The molecule has 4 aromatic rings. The number of pyridine rings is 1. The van der Waals surface area contributed by atoms with Crippen LogP contribution in [0.3, 0.4) is 0 Å². The van der Waals surface area contributed by atoms with Crippen molar-refractivity contribution in [3.8, 4) is 11.5 Å². The third-order valence-electron chi connectivity index (χ3n) is 4.38. The third kappa shape index (κ3) is 4.14. The number of nitrogens with zero attached hydrogens (tertiary/aromatic N) is 2. The van der Waals surface area contributed by atoms with Crippen LogP contribution in [0, 0.1) is 6.92 Å². The zero-order chi connectivity index (χ0) is 21.3. The van der Waals surface area contributed by atoms with Crippen molar-refractivity contribution >= 4 is 63.4 Å². The van der Waals surface area contributed by atoms with E-state index in [1.807, 2.05) is 31.2 Å². The summed E-state index contributed by atoms with van der Waals surface area (Å²) in [5.74, 6) is 0.0146. The van der Waals surface area contributed by atoms with Crippen LogP contribution in [0.25, 0.3) is 22.7 Å². The van der Waals surface area contributed by atoms with Crippen LogP contribution in [0.1, 0.15) is 15.9 Å². The van der Waals surface area contributed by atoms with Gasteiger partial charge in [-0.25, -0.2) is 4.98 Å². The summed E-state index contributed by atoms with van der Waals surface area (Å²) >= 11 is 17.2. The molecule has 0 aliphatic rings. The molecule has 0 radical (unpaired) electrons. The van der Waals surface area contributed by atoms with Crippen molar-refractivity contribution < 1.29 is 9.21 Å². The van der Waals surface area contributed by atoms with Gasteiger partial charge in [-0.15, -0.1) is 0 Å². The Morgan fingerprint density at radius 3 is 2.73 bits per heavy atom. The van der Waals surface area contributed by atoms with Gasteiger partial charge in [0.2, 0.25) is 5.89 Å². The van der Waals surface area contributed by atoms with E-state index in [4.69, 9.17) is 39.8 Å². The molecule has 9 heteroatoms. The van der Waals surface area contributed by atoms with Gasteiger partial charge in [0.15, 0.2) is 16.3 Å². The lowest BCUT2D eigenvalue weighted by Gasteiger charge is -2.14. The van der Waals surface area contributed by atoms with E-state index in [9.17, 15) is 4.79 Å². The maximum absolute atomic E-state index is 12.5.